The summed E-state index contributed by atoms with van der Waals surface area (Å²) >= 11 is 5.98. The fourth-order valence-electron chi connectivity index (χ4n) is 1.66. The smallest absolute Gasteiger partial charge is 0.127 e. The minimum atomic E-state index is 0.754. The monoisotopic (exact) mass is 261 g/mol. The second-order valence-corrected chi connectivity index (χ2v) is 4.47. The lowest BCUT2D eigenvalue weighted by Crippen LogP contribution is -1.95. The van der Waals surface area contributed by atoms with E-state index in [1.54, 1.807) is 0 Å². The molecule has 0 heterocycles. The topological polar surface area (TPSA) is 21.3 Å². The van der Waals surface area contributed by atoms with Crippen molar-refractivity contribution in [1.82, 2.24) is 0 Å². The van der Waals surface area contributed by atoms with Crippen molar-refractivity contribution in [3.63, 3.8) is 0 Å². The predicted octanol–water partition coefficient (Wildman–Crippen LogP) is 4.87. The Bertz CT molecular complexity index is 523. The van der Waals surface area contributed by atoms with Gasteiger partial charge in [-0.1, -0.05) is 11.6 Å². The molecule has 1 N–H and O–H groups in total. The summed E-state index contributed by atoms with van der Waals surface area (Å²) in [6.45, 7) is 4.95. The van der Waals surface area contributed by atoms with Gasteiger partial charge in [0.05, 0.1) is 0 Å². The van der Waals surface area contributed by atoms with Gasteiger partial charge in [-0.3, -0.25) is 0 Å². The van der Waals surface area contributed by atoms with Crippen LogP contribution in [-0.2, 0) is 0 Å². The highest BCUT2D eigenvalue weighted by molar-refractivity contribution is 6.31. The van der Waals surface area contributed by atoms with Gasteiger partial charge in [0.1, 0.15) is 11.5 Å². The summed E-state index contributed by atoms with van der Waals surface area (Å²) in [5.41, 5.74) is 2.11. The van der Waals surface area contributed by atoms with Crippen LogP contribution in [0.3, 0.4) is 0 Å². The molecular weight excluding hydrogens is 246 g/mol. The Kier molecular flexibility index (Phi) is 4.11. The molecule has 0 saturated heterocycles. The van der Waals surface area contributed by atoms with Crippen LogP contribution < -0.4 is 10.1 Å². The number of ether oxygens (including phenoxy) is 1. The van der Waals surface area contributed by atoms with E-state index in [9.17, 15) is 0 Å². The van der Waals surface area contributed by atoms with Gasteiger partial charge in [0.25, 0.3) is 0 Å². The van der Waals surface area contributed by atoms with E-state index in [-0.39, 0.29) is 0 Å². The van der Waals surface area contributed by atoms with Crippen LogP contribution in [0.5, 0.6) is 11.5 Å². The number of aryl methyl sites for hydroxylation is 1. The Morgan fingerprint density at radius 3 is 2.33 bits per heavy atom. The Balaban J connectivity index is 2.10. The highest BCUT2D eigenvalue weighted by Crippen LogP contribution is 2.26. The molecule has 2 nitrogen and oxygen atoms in total. The standard InChI is InChI=1S/C15H16ClNO/c1-3-17-12-4-6-13(7-5-12)18-14-8-9-15(16)11(2)10-14/h4-10,17H,3H2,1-2H3. The molecule has 2 rings (SSSR count). The van der Waals surface area contributed by atoms with Crippen molar-refractivity contribution in [3.8, 4) is 11.5 Å². The average molecular weight is 262 g/mol. The summed E-state index contributed by atoms with van der Waals surface area (Å²) in [6, 6.07) is 13.5. The predicted molar refractivity (Wildman–Crippen MR) is 76.9 cm³/mol. The van der Waals surface area contributed by atoms with Crippen molar-refractivity contribution in [2.75, 3.05) is 11.9 Å². The van der Waals surface area contributed by atoms with Gasteiger partial charge in [-0.2, -0.15) is 0 Å². The summed E-state index contributed by atoms with van der Waals surface area (Å²) in [5, 5.41) is 4.00. The molecule has 0 aromatic heterocycles. The third-order valence-corrected chi connectivity index (χ3v) is 3.02. The zero-order valence-corrected chi connectivity index (χ0v) is 11.3. The van der Waals surface area contributed by atoms with Crippen LogP contribution in [0.25, 0.3) is 0 Å². The maximum atomic E-state index is 5.98. The van der Waals surface area contributed by atoms with Crippen molar-refractivity contribution in [3.05, 3.63) is 53.1 Å². The molecule has 0 spiro atoms. The minimum Gasteiger partial charge on any atom is -0.457 e. The second kappa shape index (κ2) is 5.78. The highest BCUT2D eigenvalue weighted by Gasteiger charge is 2.00. The first-order chi connectivity index (χ1) is 8.69. The molecule has 0 atom stereocenters. The van der Waals surface area contributed by atoms with Gasteiger partial charge in [-0.05, 0) is 61.9 Å². The molecule has 0 fully saturated rings. The van der Waals surface area contributed by atoms with Gasteiger partial charge in [0.2, 0.25) is 0 Å². The molecule has 0 amide bonds. The van der Waals surface area contributed by atoms with E-state index in [1.165, 1.54) is 0 Å². The van der Waals surface area contributed by atoms with Crippen LogP contribution in [0.15, 0.2) is 42.5 Å². The lowest BCUT2D eigenvalue weighted by molar-refractivity contribution is 0.482. The van der Waals surface area contributed by atoms with E-state index >= 15 is 0 Å². The van der Waals surface area contributed by atoms with E-state index < -0.39 is 0 Å². The van der Waals surface area contributed by atoms with Crippen molar-refractivity contribution < 1.29 is 4.74 Å². The molecule has 0 aliphatic heterocycles. The number of nitrogens with one attached hydrogen (secondary N) is 1. The molecule has 3 heteroatoms. The van der Waals surface area contributed by atoms with Crippen LogP contribution in [0.1, 0.15) is 12.5 Å². The number of hydrogen-bond donors (Lipinski definition) is 1. The van der Waals surface area contributed by atoms with E-state index in [4.69, 9.17) is 16.3 Å². The number of anilines is 1. The lowest BCUT2D eigenvalue weighted by atomic mass is 10.2. The van der Waals surface area contributed by atoms with Gasteiger partial charge in [-0.25, -0.2) is 0 Å². The van der Waals surface area contributed by atoms with Gasteiger partial charge in [0, 0.05) is 17.3 Å². The number of hydrogen-bond acceptors (Lipinski definition) is 2. The Labute approximate surface area is 113 Å². The summed E-state index contributed by atoms with van der Waals surface area (Å²) in [7, 11) is 0. The Morgan fingerprint density at radius 1 is 1.06 bits per heavy atom. The van der Waals surface area contributed by atoms with E-state index in [0.717, 1.165) is 34.3 Å². The molecule has 2 aromatic carbocycles. The molecule has 18 heavy (non-hydrogen) atoms. The SMILES string of the molecule is CCNc1ccc(Oc2ccc(Cl)c(C)c2)cc1. The van der Waals surface area contributed by atoms with Crippen molar-refractivity contribution in [1.29, 1.82) is 0 Å². The molecule has 2 aromatic rings. The normalized spacial score (nSPS) is 10.2. The van der Waals surface area contributed by atoms with Gasteiger partial charge in [0.15, 0.2) is 0 Å². The molecule has 0 unspecified atom stereocenters. The van der Waals surface area contributed by atoms with Crippen molar-refractivity contribution in [2.24, 2.45) is 0 Å². The molecule has 0 saturated carbocycles. The highest BCUT2D eigenvalue weighted by atomic mass is 35.5. The molecular formula is C15H16ClNO. The Hall–Kier alpha value is -1.67. The van der Waals surface area contributed by atoms with Crippen LogP contribution >= 0.6 is 11.6 Å². The van der Waals surface area contributed by atoms with Gasteiger partial charge >= 0.3 is 0 Å². The summed E-state index contributed by atoms with van der Waals surface area (Å²) in [5.74, 6) is 1.62. The summed E-state index contributed by atoms with van der Waals surface area (Å²) < 4.78 is 5.76. The second-order valence-electron chi connectivity index (χ2n) is 4.07. The quantitative estimate of drug-likeness (QED) is 0.848. The van der Waals surface area contributed by atoms with Crippen molar-refractivity contribution >= 4 is 17.3 Å². The first-order valence-electron chi connectivity index (χ1n) is 5.97. The molecule has 94 valence electrons. The lowest BCUT2D eigenvalue weighted by Gasteiger charge is -2.08. The molecule has 0 aliphatic rings. The first kappa shape index (κ1) is 12.8. The van der Waals surface area contributed by atoms with E-state index in [1.807, 2.05) is 49.4 Å². The number of benzene rings is 2. The maximum Gasteiger partial charge on any atom is 0.127 e. The largest absolute Gasteiger partial charge is 0.457 e. The van der Waals surface area contributed by atoms with E-state index in [2.05, 4.69) is 12.2 Å². The summed E-state index contributed by atoms with van der Waals surface area (Å²) in [6.07, 6.45) is 0. The maximum absolute atomic E-state index is 5.98. The fraction of sp³-hybridized carbons (Fsp3) is 0.200. The number of rotatable bonds is 4. The zero-order valence-electron chi connectivity index (χ0n) is 10.5. The van der Waals surface area contributed by atoms with Crippen LogP contribution in [0.4, 0.5) is 5.69 Å². The molecule has 0 radical (unpaired) electrons. The third-order valence-electron chi connectivity index (χ3n) is 2.60. The number of halogens is 1. The van der Waals surface area contributed by atoms with Crippen molar-refractivity contribution in [2.45, 2.75) is 13.8 Å². The van der Waals surface area contributed by atoms with Gasteiger partial charge < -0.3 is 10.1 Å². The third kappa shape index (κ3) is 3.17. The fourth-order valence-corrected chi connectivity index (χ4v) is 1.78. The minimum absolute atomic E-state index is 0.754. The summed E-state index contributed by atoms with van der Waals surface area (Å²) in [4.78, 5) is 0. The van der Waals surface area contributed by atoms with Crippen LogP contribution in [0.2, 0.25) is 5.02 Å². The Morgan fingerprint density at radius 2 is 1.72 bits per heavy atom. The molecule has 0 aliphatic carbocycles. The van der Waals surface area contributed by atoms with Crippen LogP contribution in [-0.4, -0.2) is 6.54 Å². The van der Waals surface area contributed by atoms with E-state index in [0.29, 0.717) is 0 Å². The van der Waals surface area contributed by atoms with Crippen LogP contribution in [0, 0.1) is 6.92 Å². The van der Waals surface area contributed by atoms with Gasteiger partial charge in [-0.15, -0.1) is 0 Å². The zero-order chi connectivity index (χ0) is 13.0. The molecule has 0 bridgehead atoms. The first-order valence-corrected chi connectivity index (χ1v) is 6.35. The average Bonchev–Trinajstić information content (AvgIpc) is 2.37.